The van der Waals surface area contributed by atoms with Crippen molar-refractivity contribution in [2.45, 2.75) is 12.0 Å². The summed E-state index contributed by atoms with van der Waals surface area (Å²) in [7, 11) is 0. The topological polar surface area (TPSA) is 96.3 Å². The van der Waals surface area contributed by atoms with Crippen LogP contribution in [0.1, 0.15) is 17.0 Å². The first-order valence-electron chi connectivity index (χ1n) is 9.96. The maximum atomic E-state index is 14.2. The summed E-state index contributed by atoms with van der Waals surface area (Å²) < 4.78 is 52.4. The third-order valence-electron chi connectivity index (χ3n) is 5.59. The lowest BCUT2D eigenvalue weighted by Gasteiger charge is -2.16. The minimum absolute atomic E-state index is 0.0961. The van der Waals surface area contributed by atoms with Gasteiger partial charge in [0.05, 0.1) is 18.4 Å². The van der Waals surface area contributed by atoms with Crippen LogP contribution >= 0.6 is 0 Å². The Balaban J connectivity index is 1.20. The number of hydrogen-bond acceptors (Lipinski definition) is 5. The van der Waals surface area contributed by atoms with E-state index < -0.39 is 29.5 Å². The molecule has 1 aliphatic heterocycles. The predicted octanol–water partition coefficient (Wildman–Crippen LogP) is 4.46. The molecule has 5 rings (SSSR count). The van der Waals surface area contributed by atoms with Crippen molar-refractivity contribution in [2.24, 2.45) is 5.92 Å². The molecule has 166 valence electrons. The van der Waals surface area contributed by atoms with E-state index in [0.29, 0.717) is 5.75 Å². The van der Waals surface area contributed by atoms with Crippen LogP contribution in [0.5, 0.6) is 17.2 Å². The Morgan fingerprint density at radius 1 is 1.09 bits per heavy atom. The van der Waals surface area contributed by atoms with Crippen molar-refractivity contribution in [1.29, 1.82) is 5.26 Å². The fourth-order valence-electron chi connectivity index (χ4n) is 3.97. The number of anilines is 1. The smallest absolute Gasteiger partial charge is 0.320 e. The summed E-state index contributed by atoms with van der Waals surface area (Å²) >= 11 is 0. The van der Waals surface area contributed by atoms with Crippen LogP contribution in [0.25, 0.3) is 0 Å². The van der Waals surface area contributed by atoms with E-state index >= 15 is 0 Å². The summed E-state index contributed by atoms with van der Waals surface area (Å²) in [6.07, 6.45) is 1.35. The van der Waals surface area contributed by atoms with Gasteiger partial charge in [-0.1, -0.05) is 0 Å². The molecule has 10 heteroatoms. The maximum Gasteiger partial charge on any atom is 0.320 e. The van der Waals surface area contributed by atoms with E-state index in [1.165, 1.54) is 30.5 Å². The molecule has 2 heterocycles. The van der Waals surface area contributed by atoms with Crippen LogP contribution in [0.3, 0.4) is 0 Å². The molecule has 33 heavy (non-hydrogen) atoms. The maximum absolute atomic E-state index is 14.2. The number of benzene rings is 2. The van der Waals surface area contributed by atoms with E-state index in [-0.39, 0.29) is 46.9 Å². The number of fused-ring (bicyclic) bond motifs is 3. The van der Waals surface area contributed by atoms with E-state index in [2.05, 4.69) is 15.6 Å². The average molecular weight is 452 g/mol. The number of halogens is 3. The summed E-state index contributed by atoms with van der Waals surface area (Å²) in [5, 5.41) is 14.2. The molecule has 1 aromatic heterocycles. The molecule has 1 fully saturated rings. The molecule has 7 nitrogen and oxygen atoms in total. The van der Waals surface area contributed by atoms with Gasteiger partial charge in [0.25, 0.3) is 0 Å². The van der Waals surface area contributed by atoms with Crippen molar-refractivity contribution in [3.05, 3.63) is 77.2 Å². The molecule has 1 aliphatic carbocycles. The highest BCUT2D eigenvalue weighted by molar-refractivity contribution is 5.89. The number of nitrogens with one attached hydrogen (secondary N) is 2. The molecular formula is C23H15F3N4O3. The molecule has 1 saturated carbocycles. The van der Waals surface area contributed by atoms with E-state index in [1.807, 2.05) is 0 Å². The Morgan fingerprint density at radius 2 is 1.85 bits per heavy atom. The van der Waals surface area contributed by atoms with Crippen molar-refractivity contribution in [3.63, 3.8) is 0 Å². The van der Waals surface area contributed by atoms with Crippen LogP contribution in [-0.2, 0) is 0 Å². The van der Waals surface area contributed by atoms with Gasteiger partial charge in [0.1, 0.15) is 35.0 Å². The lowest BCUT2D eigenvalue weighted by Crippen LogP contribution is -2.32. The molecule has 2 amide bonds. The van der Waals surface area contributed by atoms with Crippen molar-refractivity contribution in [3.8, 4) is 23.3 Å². The Hall–Kier alpha value is -4.26. The first-order chi connectivity index (χ1) is 15.9. The highest BCUT2D eigenvalue weighted by Gasteiger charge is 2.57. The van der Waals surface area contributed by atoms with Gasteiger partial charge in [0, 0.05) is 29.5 Å². The Morgan fingerprint density at radius 3 is 2.61 bits per heavy atom. The number of nitriles is 1. The van der Waals surface area contributed by atoms with Crippen LogP contribution in [0, 0.1) is 34.7 Å². The molecule has 0 spiro atoms. The summed E-state index contributed by atoms with van der Waals surface area (Å²) in [6.45, 7) is 0.185. The van der Waals surface area contributed by atoms with Gasteiger partial charge in [0.2, 0.25) is 0 Å². The fraction of sp³-hybridized carbons (Fsp3) is 0.174. The summed E-state index contributed by atoms with van der Waals surface area (Å²) in [4.78, 5) is 16.5. The van der Waals surface area contributed by atoms with Crippen molar-refractivity contribution < 1.29 is 27.4 Å². The van der Waals surface area contributed by atoms with Gasteiger partial charge in [-0.15, -0.1) is 0 Å². The predicted molar refractivity (Wildman–Crippen MR) is 109 cm³/mol. The first kappa shape index (κ1) is 20.6. The Labute approximate surface area is 185 Å². The van der Waals surface area contributed by atoms with Gasteiger partial charge in [-0.2, -0.15) is 5.26 Å². The summed E-state index contributed by atoms with van der Waals surface area (Å²) in [5.41, 5.74) is 0.00299. The first-order valence-corrected chi connectivity index (χ1v) is 9.96. The lowest BCUT2D eigenvalue weighted by molar-refractivity contribution is 0.247. The standard InChI is InChI=1S/C23H15F3N4O3/c24-15-3-1-12(7-11(15)8-27)33-13-2-6-18(28-9-13)29-23(31)30-21-14-10-32-22-17(26)5-4-16(25)20(22)19(14)21/h1-7,9,14,19,21H,10H2,(H2,28,29,30,31). The molecular weight excluding hydrogens is 437 g/mol. The zero-order valence-electron chi connectivity index (χ0n) is 16.8. The average Bonchev–Trinajstić information content (AvgIpc) is 3.51. The largest absolute Gasteiger partial charge is 0.490 e. The number of carbonyl (C=O) groups excluding carboxylic acids is 1. The summed E-state index contributed by atoms with van der Waals surface area (Å²) in [5.74, 6) is -1.62. The number of ether oxygens (including phenoxy) is 2. The fourth-order valence-corrected chi connectivity index (χ4v) is 3.97. The van der Waals surface area contributed by atoms with Crippen LogP contribution in [0.2, 0.25) is 0 Å². The van der Waals surface area contributed by atoms with E-state index in [4.69, 9.17) is 14.7 Å². The van der Waals surface area contributed by atoms with Crippen LogP contribution in [0.4, 0.5) is 23.8 Å². The van der Waals surface area contributed by atoms with Gasteiger partial charge in [-0.25, -0.2) is 22.9 Å². The van der Waals surface area contributed by atoms with Gasteiger partial charge in [-0.05, 0) is 36.4 Å². The number of rotatable bonds is 4. The van der Waals surface area contributed by atoms with Gasteiger partial charge < -0.3 is 14.8 Å². The molecule has 0 bridgehead atoms. The lowest BCUT2D eigenvalue weighted by atomic mass is 10.0. The van der Waals surface area contributed by atoms with Gasteiger partial charge >= 0.3 is 6.03 Å². The third-order valence-corrected chi connectivity index (χ3v) is 5.59. The molecule has 2 aliphatic rings. The number of aromatic nitrogens is 1. The zero-order chi connectivity index (χ0) is 23.1. The molecule has 0 radical (unpaired) electrons. The highest BCUT2D eigenvalue weighted by atomic mass is 19.1. The van der Waals surface area contributed by atoms with E-state index in [9.17, 15) is 18.0 Å². The number of carbonyl (C=O) groups is 1. The van der Waals surface area contributed by atoms with E-state index in [0.717, 1.165) is 18.2 Å². The second kappa shape index (κ2) is 8.02. The van der Waals surface area contributed by atoms with E-state index in [1.54, 1.807) is 6.07 Å². The number of urea groups is 1. The number of amides is 2. The SMILES string of the molecule is N#Cc1cc(Oc2ccc(NC(=O)NC3C4COc5c(F)ccc(F)c5C43)nc2)ccc1F. The zero-order valence-corrected chi connectivity index (χ0v) is 16.8. The van der Waals surface area contributed by atoms with Crippen LogP contribution in [-0.4, -0.2) is 23.7 Å². The van der Waals surface area contributed by atoms with Gasteiger partial charge in [0.15, 0.2) is 11.6 Å². The highest BCUT2D eigenvalue weighted by Crippen LogP contribution is 2.55. The molecule has 3 unspecified atom stereocenters. The second-order valence-electron chi connectivity index (χ2n) is 7.63. The number of hydrogen-bond donors (Lipinski definition) is 2. The van der Waals surface area contributed by atoms with Crippen LogP contribution < -0.4 is 20.1 Å². The molecule has 3 aromatic rings. The third kappa shape index (κ3) is 3.89. The molecule has 3 atom stereocenters. The number of nitrogens with zero attached hydrogens (tertiary/aromatic N) is 2. The monoisotopic (exact) mass is 452 g/mol. The Kier molecular flexibility index (Phi) is 5.01. The van der Waals surface area contributed by atoms with Gasteiger partial charge in [-0.3, -0.25) is 5.32 Å². The van der Waals surface area contributed by atoms with Crippen molar-refractivity contribution in [2.75, 3.05) is 11.9 Å². The quantitative estimate of drug-likeness (QED) is 0.610. The number of pyridine rings is 1. The molecule has 2 aromatic carbocycles. The normalized spacial score (nSPS) is 19.9. The molecule has 0 saturated heterocycles. The second-order valence-corrected chi connectivity index (χ2v) is 7.63. The minimum Gasteiger partial charge on any atom is -0.490 e. The Bertz CT molecular complexity index is 1290. The molecule has 2 N–H and O–H groups in total. The van der Waals surface area contributed by atoms with Crippen molar-refractivity contribution >= 4 is 11.8 Å². The minimum atomic E-state index is -0.646. The summed E-state index contributed by atoms with van der Waals surface area (Å²) in [6, 6.07) is 9.66. The van der Waals surface area contributed by atoms with Crippen LogP contribution in [0.15, 0.2) is 48.7 Å². The van der Waals surface area contributed by atoms with Crippen molar-refractivity contribution in [1.82, 2.24) is 10.3 Å².